The maximum atomic E-state index is 13.2. The van der Waals surface area contributed by atoms with Gasteiger partial charge in [0.15, 0.2) is 11.3 Å². The van der Waals surface area contributed by atoms with Crippen molar-refractivity contribution in [3.63, 3.8) is 0 Å². The van der Waals surface area contributed by atoms with Crippen molar-refractivity contribution >= 4 is 22.9 Å². The molecule has 1 aliphatic rings. The average Bonchev–Trinajstić information content (AvgIpc) is 3.37. The SMILES string of the molecule is O=C(Nc1ccc(N2CCCC2)cc1)c1cc2nc(C(F)F)cc(C(F)F)n2n1. The normalized spacial score (nSPS) is 14.3. The van der Waals surface area contributed by atoms with Gasteiger partial charge in [0.25, 0.3) is 18.8 Å². The number of carbonyl (C=O) groups is 1. The highest BCUT2D eigenvalue weighted by Gasteiger charge is 2.22. The zero-order valence-corrected chi connectivity index (χ0v) is 15.2. The van der Waals surface area contributed by atoms with Crippen molar-refractivity contribution in [1.29, 1.82) is 0 Å². The molecule has 3 aromatic rings. The van der Waals surface area contributed by atoms with Crippen LogP contribution in [0.1, 0.15) is 47.6 Å². The summed E-state index contributed by atoms with van der Waals surface area (Å²) >= 11 is 0. The number of hydrogen-bond acceptors (Lipinski definition) is 4. The largest absolute Gasteiger partial charge is 0.372 e. The maximum absolute atomic E-state index is 13.2. The monoisotopic (exact) mass is 407 g/mol. The van der Waals surface area contributed by atoms with E-state index in [9.17, 15) is 22.4 Å². The minimum absolute atomic E-state index is 0.200. The number of amides is 1. The second kappa shape index (κ2) is 7.69. The van der Waals surface area contributed by atoms with Gasteiger partial charge in [-0.3, -0.25) is 4.79 Å². The highest BCUT2D eigenvalue weighted by molar-refractivity contribution is 6.03. The molecule has 1 fully saturated rings. The van der Waals surface area contributed by atoms with Crippen molar-refractivity contribution in [3.05, 3.63) is 53.5 Å². The Kier molecular flexibility index (Phi) is 5.08. The molecule has 1 saturated heterocycles. The van der Waals surface area contributed by atoms with E-state index in [4.69, 9.17) is 0 Å². The van der Waals surface area contributed by atoms with Gasteiger partial charge in [-0.05, 0) is 43.2 Å². The molecule has 2 aromatic heterocycles. The molecule has 0 unspecified atom stereocenters. The van der Waals surface area contributed by atoms with Crippen LogP contribution in [0, 0.1) is 0 Å². The van der Waals surface area contributed by atoms with Gasteiger partial charge in [-0.25, -0.2) is 27.1 Å². The van der Waals surface area contributed by atoms with E-state index < -0.39 is 30.1 Å². The summed E-state index contributed by atoms with van der Waals surface area (Å²) in [4.78, 5) is 18.3. The van der Waals surface area contributed by atoms with Gasteiger partial charge in [-0.2, -0.15) is 5.10 Å². The number of nitrogens with zero attached hydrogens (tertiary/aromatic N) is 4. The fourth-order valence-electron chi connectivity index (χ4n) is 3.32. The molecule has 0 saturated carbocycles. The molecule has 3 heterocycles. The summed E-state index contributed by atoms with van der Waals surface area (Å²) in [6, 6.07) is 8.93. The van der Waals surface area contributed by atoms with E-state index in [0.717, 1.165) is 37.7 Å². The summed E-state index contributed by atoms with van der Waals surface area (Å²) in [7, 11) is 0. The molecule has 1 aliphatic heterocycles. The van der Waals surface area contributed by atoms with Gasteiger partial charge >= 0.3 is 0 Å². The van der Waals surface area contributed by atoms with Gasteiger partial charge < -0.3 is 10.2 Å². The Hall–Kier alpha value is -3.17. The zero-order valence-electron chi connectivity index (χ0n) is 15.2. The lowest BCUT2D eigenvalue weighted by Crippen LogP contribution is -2.17. The van der Waals surface area contributed by atoms with Gasteiger partial charge in [0.05, 0.1) is 0 Å². The zero-order chi connectivity index (χ0) is 20.5. The molecule has 1 N–H and O–H groups in total. The Bertz CT molecular complexity index is 1030. The fourth-order valence-corrected chi connectivity index (χ4v) is 3.32. The van der Waals surface area contributed by atoms with Gasteiger partial charge in [-0.1, -0.05) is 0 Å². The second-order valence-corrected chi connectivity index (χ2v) is 6.70. The lowest BCUT2D eigenvalue weighted by atomic mass is 10.2. The number of anilines is 2. The van der Waals surface area contributed by atoms with Gasteiger partial charge in [0.1, 0.15) is 11.4 Å². The number of fused-ring (bicyclic) bond motifs is 1. The average molecular weight is 407 g/mol. The molecule has 0 aliphatic carbocycles. The van der Waals surface area contributed by atoms with Crippen LogP contribution < -0.4 is 10.2 Å². The number of rotatable bonds is 5. The summed E-state index contributed by atoms with van der Waals surface area (Å²) in [6.45, 7) is 1.99. The van der Waals surface area contributed by atoms with Crippen LogP contribution in [-0.4, -0.2) is 33.6 Å². The molecule has 0 radical (unpaired) electrons. The molecule has 6 nitrogen and oxygen atoms in total. The van der Waals surface area contributed by atoms with E-state index in [-0.39, 0.29) is 11.3 Å². The Morgan fingerprint density at radius 1 is 1.00 bits per heavy atom. The topological polar surface area (TPSA) is 62.5 Å². The number of aromatic nitrogens is 3. The van der Waals surface area contributed by atoms with Crippen LogP contribution in [-0.2, 0) is 0 Å². The number of hydrogen-bond donors (Lipinski definition) is 1. The van der Waals surface area contributed by atoms with E-state index in [0.29, 0.717) is 16.3 Å². The molecule has 0 spiro atoms. The molecule has 10 heteroatoms. The highest BCUT2D eigenvalue weighted by atomic mass is 19.3. The number of alkyl halides is 4. The minimum atomic E-state index is -3.05. The van der Waals surface area contributed by atoms with Gasteiger partial charge in [-0.15, -0.1) is 0 Å². The molecule has 1 aromatic carbocycles. The molecule has 0 atom stereocenters. The number of carbonyl (C=O) groups excluding carboxylic acids is 1. The maximum Gasteiger partial charge on any atom is 0.280 e. The van der Waals surface area contributed by atoms with Crippen molar-refractivity contribution < 1.29 is 22.4 Å². The molecule has 4 rings (SSSR count). The van der Waals surface area contributed by atoms with Crippen LogP contribution in [0.4, 0.5) is 28.9 Å². The number of nitrogens with one attached hydrogen (secondary N) is 1. The van der Waals surface area contributed by atoms with Crippen molar-refractivity contribution in [2.75, 3.05) is 23.3 Å². The van der Waals surface area contributed by atoms with Crippen molar-refractivity contribution in [3.8, 4) is 0 Å². The van der Waals surface area contributed by atoms with E-state index >= 15 is 0 Å². The van der Waals surface area contributed by atoms with Crippen LogP contribution in [0.2, 0.25) is 0 Å². The van der Waals surface area contributed by atoms with Crippen molar-refractivity contribution in [1.82, 2.24) is 14.6 Å². The molecule has 29 heavy (non-hydrogen) atoms. The van der Waals surface area contributed by atoms with Crippen LogP contribution in [0.25, 0.3) is 5.65 Å². The van der Waals surface area contributed by atoms with Crippen molar-refractivity contribution in [2.45, 2.75) is 25.7 Å². The lowest BCUT2D eigenvalue weighted by Gasteiger charge is -2.17. The van der Waals surface area contributed by atoms with E-state index in [1.807, 2.05) is 12.1 Å². The van der Waals surface area contributed by atoms with Crippen LogP contribution in [0.5, 0.6) is 0 Å². The molecule has 1 amide bonds. The molecular formula is C19H17F4N5O. The Labute approximate surface area is 163 Å². The third kappa shape index (κ3) is 3.87. The Balaban J connectivity index is 1.57. The summed E-state index contributed by atoms with van der Waals surface area (Å²) in [5, 5.41) is 6.45. The summed E-state index contributed by atoms with van der Waals surface area (Å²) in [5.41, 5.74) is -0.428. The smallest absolute Gasteiger partial charge is 0.280 e. The third-order valence-electron chi connectivity index (χ3n) is 4.75. The molecular weight excluding hydrogens is 390 g/mol. The van der Waals surface area contributed by atoms with E-state index in [2.05, 4.69) is 20.3 Å². The highest BCUT2D eigenvalue weighted by Crippen LogP contribution is 2.26. The quantitative estimate of drug-likeness (QED) is 0.635. The fraction of sp³-hybridized carbons (Fsp3) is 0.316. The predicted octanol–water partition coefficient (Wildman–Crippen LogP) is 4.46. The first-order valence-electron chi connectivity index (χ1n) is 9.05. The first-order chi connectivity index (χ1) is 13.9. The van der Waals surface area contributed by atoms with Gasteiger partial charge in [0, 0.05) is 30.5 Å². The standard InChI is InChI=1S/C19H17F4N5O/c20-17(21)13-9-15(18(22)23)28-16(25-13)10-14(26-28)19(29)24-11-3-5-12(6-4-11)27-7-1-2-8-27/h3-6,9-10,17-18H,1-2,7-8H2,(H,24,29). The summed E-state index contributed by atoms with van der Waals surface area (Å²) in [5.74, 6) is -0.650. The number of benzene rings is 1. The number of halogens is 4. The second-order valence-electron chi connectivity index (χ2n) is 6.70. The van der Waals surface area contributed by atoms with E-state index in [1.165, 1.54) is 0 Å². The van der Waals surface area contributed by atoms with Crippen LogP contribution in [0.15, 0.2) is 36.4 Å². The molecule has 152 valence electrons. The van der Waals surface area contributed by atoms with Crippen molar-refractivity contribution in [2.24, 2.45) is 0 Å². The van der Waals surface area contributed by atoms with Crippen LogP contribution in [0.3, 0.4) is 0 Å². The lowest BCUT2D eigenvalue weighted by molar-refractivity contribution is 0.102. The van der Waals surface area contributed by atoms with Crippen LogP contribution >= 0.6 is 0 Å². The van der Waals surface area contributed by atoms with E-state index in [1.54, 1.807) is 12.1 Å². The minimum Gasteiger partial charge on any atom is -0.372 e. The molecule has 0 bridgehead atoms. The predicted molar refractivity (Wildman–Crippen MR) is 98.7 cm³/mol. The summed E-state index contributed by atoms with van der Waals surface area (Å²) in [6.07, 6.45) is -3.77. The summed E-state index contributed by atoms with van der Waals surface area (Å²) < 4.78 is 53.0. The Morgan fingerprint density at radius 2 is 1.69 bits per heavy atom. The first-order valence-corrected chi connectivity index (χ1v) is 9.05. The van der Waals surface area contributed by atoms with Gasteiger partial charge in [0.2, 0.25) is 0 Å². The first kappa shape index (κ1) is 19.2. The third-order valence-corrected chi connectivity index (χ3v) is 4.75. The Morgan fingerprint density at radius 3 is 2.31 bits per heavy atom.